The summed E-state index contributed by atoms with van der Waals surface area (Å²) in [5, 5.41) is 2.01. The molecule has 0 aliphatic rings. The molecule has 2 heterocycles. The van der Waals surface area contributed by atoms with Gasteiger partial charge in [0.2, 0.25) is 5.09 Å². The Morgan fingerprint density at radius 1 is 1.08 bits per heavy atom. The van der Waals surface area contributed by atoms with Gasteiger partial charge in [-0.15, -0.1) is 11.3 Å². The largest absolute Gasteiger partial charge is 0.448 e. The molecule has 6 heteroatoms. The van der Waals surface area contributed by atoms with Crippen molar-refractivity contribution >= 4 is 27.0 Å². The molecule has 0 amide bonds. The van der Waals surface area contributed by atoms with Crippen LogP contribution in [-0.4, -0.2) is 8.42 Å². The number of furan rings is 1. The van der Waals surface area contributed by atoms with Crippen molar-refractivity contribution in [2.45, 2.75) is 32.3 Å². The highest BCUT2D eigenvalue weighted by atomic mass is 32.2. The minimum atomic E-state index is -3.73. The van der Waals surface area contributed by atoms with E-state index < -0.39 is 10.0 Å². The summed E-state index contributed by atoms with van der Waals surface area (Å²) in [6.45, 7) is 5.84. The van der Waals surface area contributed by atoms with Crippen molar-refractivity contribution in [3.63, 3.8) is 0 Å². The molecule has 3 aromatic rings. The molecule has 0 saturated heterocycles. The van der Waals surface area contributed by atoms with Crippen LogP contribution in [-0.2, 0) is 16.4 Å². The van der Waals surface area contributed by atoms with Gasteiger partial charge in [0.1, 0.15) is 5.76 Å². The van der Waals surface area contributed by atoms with E-state index in [-0.39, 0.29) is 5.09 Å². The molecule has 0 saturated carbocycles. The predicted octanol–water partition coefficient (Wildman–Crippen LogP) is 4.99. The van der Waals surface area contributed by atoms with Crippen LogP contribution in [0.2, 0.25) is 0 Å². The van der Waals surface area contributed by atoms with Crippen molar-refractivity contribution in [2.75, 3.05) is 4.72 Å². The summed E-state index contributed by atoms with van der Waals surface area (Å²) >= 11 is 1.67. The molecule has 0 unspecified atom stereocenters. The van der Waals surface area contributed by atoms with Gasteiger partial charge in [-0.2, -0.15) is 8.42 Å². The molecule has 0 bridgehead atoms. The van der Waals surface area contributed by atoms with Crippen molar-refractivity contribution in [3.8, 4) is 11.1 Å². The van der Waals surface area contributed by atoms with Gasteiger partial charge >= 0.3 is 0 Å². The van der Waals surface area contributed by atoms with Crippen LogP contribution in [0, 0.1) is 13.8 Å². The number of rotatable bonds is 5. The summed E-state index contributed by atoms with van der Waals surface area (Å²) in [5.41, 5.74) is 3.49. The Balaban J connectivity index is 1.94. The summed E-state index contributed by atoms with van der Waals surface area (Å²) in [6.07, 6.45) is 0.654. The summed E-state index contributed by atoms with van der Waals surface area (Å²) < 4.78 is 33.1. The first-order valence-corrected chi connectivity index (χ1v) is 10.0. The highest BCUT2D eigenvalue weighted by Crippen LogP contribution is 2.30. The fraction of sp³-hybridized carbons (Fsp3) is 0.222. The monoisotopic (exact) mass is 361 g/mol. The maximum absolute atomic E-state index is 12.5. The van der Waals surface area contributed by atoms with Gasteiger partial charge in [-0.25, -0.2) is 0 Å². The van der Waals surface area contributed by atoms with Gasteiger partial charge in [0.25, 0.3) is 10.0 Å². The normalized spacial score (nSPS) is 11.6. The first-order chi connectivity index (χ1) is 11.4. The van der Waals surface area contributed by atoms with Crippen molar-refractivity contribution in [1.82, 2.24) is 0 Å². The Hall–Kier alpha value is -2.05. The van der Waals surface area contributed by atoms with Crippen LogP contribution in [0.15, 0.2) is 51.3 Å². The Labute approximate surface area is 146 Å². The quantitative estimate of drug-likeness (QED) is 0.696. The van der Waals surface area contributed by atoms with Crippen LogP contribution in [0.4, 0.5) is 5.69 Å². The number of hydrogen-bond acceptors (Lipinski definition) is 4. The number of aryl methyl sites for hydroxylation is 3. The summed E-state index contributed by atoms with van der Waals surface area (Å²) in [7, 11) is -3.73. The molecular formula is C18H19NO3S2. The first kappa shape index (κ1) is 16.8. The van der Waals surface area contributed by atoms with Crippen molar-refractivity contribution in [3.05, 3.63) is 58.0 Å². The highest BCUT2D eigenvalue weighted by Gasteiger charge is 2.20. The van der Waals surface area contributed by atoms with Gasteiger partial charge in [-0.1, -0.05) is 19.1 Å². The molecule has 2 aromatic heterocycles. The average Bonchev–Trinajstić information content (AvgIpc) is 3.18. The Bertz CT molecular complexity index is 968. The lowest BCUT2D eigenvalue weighted by molar-refractivity contribution is 0.419. The lowest BCUT2D eigenvalue weighted by Crippen LogP contribution is -2.13. The third kappa shape index (κ3) is 3.39. The van der Waals surface area contributed by atoms with Gasteiger partial charge in [0.05, 0.1) is 5.69 Å². The SMILES string of the molecule is CCc1ccc(S(=O)(=O)Nc2cc(-c3csc(C)c3)ccc2C)o1. The van der Waals surface area contributed by atoms with E-state index >= 15 is 0 Å². The number of hydrogen-bond donors (Lipinski definition) is 1. The fourth-order valence-electron chi connectivity index (χ4n) is 2.39. The molecule has 0 aliphatic heterocycles. The molecule has 0 atom stereocenters. The van der Waals surface area contributed by atoms with Crippen molar-refractivity contribution in [1.29, 1.82) is 0 Å². The third-order valence-electron chi connectivity index (χ3n) is 3.80. The molecule has 24 heavy (non-hydrogen) atoms. The maximum atomic E-state index is 12.5. The molecule has 126 valence electrons. The highest BCUT2D eigenvalue weighted by molar-refractivity contribution is 7.92. The molecule has 0 radical (unpaired) electrons. The second-order valence-corrected chi connectivity index (χ2v) is 8.38. The van der Waals surface area contributed by atoms with E-state index in [1.807, 2.05) is 39.0 Å². The number of nitrogens with one attached hydrogen (secondary N) is 1. The molecule has 3 rings (SSSR count). The summed E-state index contributed by atoms with van der Waals surface area (Å²) in [5.74, 6) is 0.648. The number of anilines is 1. The molecular weight excluding hydrogens is 342 g/mol. The van der Waals surface area contributed by atoms with E-state index in [1.54, 1.807) is 17.4 Å². The van der Waals surface area contributed by atoms with Crippen LogP contribution in [0.25, 0.3) is 11.1 Å². The second kappa shape index (κ2) is 6.45. The Morgan fingerprint density at radius 3 is 2.50 bits per heavy atom. The van der Waals surface area contributed by atoms with Crippen molar-refractivity contribution in [2.24, 2.45) is 0 Å². The van der Waals surface area contributed by atoms with Crippen LogP contribution in [0.3, 0.4) is 0 Å². The lowest BCUT2D eigenvalue weighted by atomic mass is 10.1. The van der Waals surface area contributed by atoms with Crippen molar-refractivity contribution < 1.29 is 12.8 Å². The maximum Gasteiger partial charge on any atom is 0.295 e. The van der Waals surface area contributed by atoms with E-state index in [9.17, 15) is 8.42 Å². The van der Waals surface area contributed by atoms with Crippen LogP contribution in [0.5, 0.6) is 0 Å². The second-order valence-electron chi connectivity index (χ2n) is 5.66. The Morgan fingerprint density at radius 2 is 1.88 bits per heavy atom. The average molecular weight is 361 g/mol. The molecule has 0 spiro atoms. The van der Waals surface area contributed by atoms with Crippen LogP contribution >= 0.6 is 11.3 Å². The van der Waals surface area contributed by atoms with Gasteiger partial charge in [-0.05, 0) is 60.2 Å². The molecule has 1 aromatic carbocycles. The van der Waals surface area contributed by atoms with Gasteiger partial charge < -0.3 is 4.42 Å². The zero-order valence-corrected chi connectivity index (χ0v) is 15.4. The van der Waals surface area contributed by atoms with E-state index in [2.05, 4.69) is 16.2 Å². The van der Waals surface area contributed by atoms with E-state index in [0.29, 0.717) is 17.9 Å². The zero-order valence-electron chi connectivity index (χ0n) is 13.8. The summed E-state index contributed by atoms with van der Waals surface area (Å²) in [4.78, 5) is 1.22. The number of sulfonamides is 1. The topological polar surface area (TPSA) is 59.3 Å². The summed E-state index contributed by atoms with van der Waals surface area (Å²) in [6, 6.07) is 11.0. The van der Waals surface area contributed by atoms with Gasteiger partial charge in [-0.3, -0.25) is 4.72 Å². The molecule has 0 fully saturated rings. The van der Waals surface area contributed by atoms with E-state index in [4.69, 9.17) is 4.42 Å². The third-order valence-corrected chi connectivity index (χ3v) is 5.90. The van der Waals surface area contributed by atoms with E-state index in [1.165, 1.54) is 10.9 Å². The predicted molar refractivity (Wildman–Crippen MR) is 98.1 cm³/mol. The van der Waals surface area contributed by atoms with Crippen LogP contribution < -0.4 is 4.72 Å². The minimum absolute atomic E-state index is 0.0597. The van der Waals surface area contributed by atoms with Gasteiger partial charge in [0.15, 0.2) is 0 Å². The van der Waals surface area contributed by atoms with E-state index in [0.717, 1.165) is 16.7 Å². The number of benzene rings is 1. The number of thiophene rings is 1. The first-order valence-electron chi connectivity index (χ1n) is 7.67. The zero-order chi connectivity index (χ0) is 17.3. The molecule has 0 aliphatic carbocycles. The molecule has 1 N–H and O–H groups in total. The fourth-order valence-corrected chi connectivity index (χ4v) is 4.18. The lowest BCUT2D eigenvalue weighted by Gasteiger charge is -2.10. The molecule has 4 nitrogen and oxygen atoms in total. The minimum Gasteiger partial charge on any atom is -0.448 e. The standard InChI is InChI=1S/C18H19NO3S2/c1-4-16-7-8-18(22-16)24(20,21)19-17-10-14(6-5-12(17)2)15-9-13(3)23-11-15/h5-11,19H,4H2,1-3H3. The smallest absolute Gasteiger partial charge is 0.295 e. The Kier molecular flexibility index (Phi) is 4.51. The van der Waals surface area contributed by atoms with Gasteiger partial charge in [0, 0.05) is 11.3 Å². The van der Waals surface area contributed by atoms with Crippen LogP contribution in [0.1, 0.15) is 23.1 Å².